The first kappa shape index (κ1) is 27.9. The molecule has 8 nitrogen and oxygen atoms in total. The minimum absolute atomic E-state index is 0.0956. The SMILES string of the molecule is CO[C@H]1C[C@H]2C=C[C@H]3[C@H]4C([C@H]3[C@]2(O)/C(C)=C/[C@@H](C)[C@H](c2ccccc2)OC1=O)[C@H](O)[C@@H](C)[C@H]4OC(=O)c1ccc[nH]1. The van der Waals surface area contributed by atoms with Crippen LogP contribution in [0, 0.1) is 41.4 Å². The molecule has 8 heteroatoms. The first-order valence-electron chi connectivity index (χ1n) is 14.6. The van der Waals surface area contributed by atoms with Gasteiger partial charge in [0.2, 0.25) is 0 Å². The number of ether oxygens (including phenoxy) is 3. The Bertz CT molecular complexity index is 1340. The summed E-state index contributed by atoms with van der Waals surface area (Å²) in [5.74, 6) is -2.66. The average molecular weight is 562 g/mol. The highest BCUT2D eigenvalue weighted by atomic mass is 16.6. The Labute approximate surface area is 240 Å². The Morgan fingerprint density at radius 3 is 2.54 bits per heavy atom. The van der Waals surface area contributed by atoms with Gasteiger partial charge < -0.3 is 29.4 Å². The van der Waals surface area contributed by atoms with Gasteiger partial charge >= 0.3 is 11.9 Å². The molecular formula is C33H39NO7. The van der Waals surface area contributed by atoms with Crippen molar-refractivity contribution in [1.82, 2.24) is 4.98 Å². The van der Waals surface area contributed by atoms with E-state index in [1.54, 1.807) is 18.3 Å². The number of aromatic nitrogens is 1. The zero-order valence-electron chi connectivity index (χ0n) is 23.8. The quantitative estimate of drug-likeness (QED) is 0.378. The fourth-order valence-corrected chi connectivity index (χ4v) is 8.21. The number of aliphatic hydroxyl groups is 2. The van der Waals surface area contributed by atoms with Crippen molar-refractivity contribution in [2.24, 2.45) is 41.4 Å². The molecule has 2 heterocycles. The predicted molar refractivity (Wildman–Crippen MR) is 150 cm³/mol. The number of nitrogens with one attached hydrogen (secondary N) is 1. The van der Waals surface area contributed by atoms with Crippen molar-refractivity contribution in [2.45, 2.75) is 57.2 Å². The molecule has 3 N–H and O–H groups in total. The maximum Gasteiger partial charge on any atom is 0.355 e. The predicted octanol–water partition coefficient (Wildman–Crippen LogP) is 4.23. The van der Waals surface area contributed by atoms with Crippen molar-refractivity contribution in [3.05, 3.63) is 83.7 Å². The highest BCUT2D eigenvalue weighted by molar-refractivity contribution is 5.87. The van der Waals surface area contributed by atoms with E-state index in [2.05, 4.69) is 11.1 Å². The van der Waals surface area contributed by atoms with Gasteiger partial charge in [-0.25, -0.2) is 9.59 Å². The van der Waals surface area contributed by atoms with Crippen LogP contribution in [0.2, 0.25) is 0 Å². The van der Waals surface area contributed by atoms with Gasteiger partial charge in [0.1, 0.15) is 17.9 Å². The maximum atomic E-state index is 13.4. The molecule has 6 rings (SSSR count). The molecule has 1 aromatic heterocycles. The van der Waals surface area contributed by atoms with Crippen molar-refractivity contribution in [3.63, 3.8) is 0 Å². The summed E-state index contributed by atoms with van der Waals surface area (Å²) in [6, 6.07) is 13.0. The Balaban J connectivity index is 1.37. The van der Waals surface area contributed by atoms with Crippen LogP contribution < -0.4 is 0 Å². The number of fused-ring (bicyclic) bond motifs is 6. The summed E-state index contributed by atoms with van der Waals surface area (Å²) in [4.78, 5) is 29.1. The van der Waals surface area contributed by atoms with Crippen LogP contribution in [0.25, 0.3) is 0 Å². The van der Waals surface area contributed by atoms with E-state index >= 15 is 0 Å². The molecule has 1 unspecified atom stereocenters. The lowest BCUT2D eigenvalue weighted by Crippen LogP contribution is -2.65. The molecule has 3 aliphatic carbocycles. The number of hydrogen-bond donors (Lipinski definition) is 3. The van der Waals surface area contributed by atoms with Crippen LogP contribution in [0.15, 0.2) is 72.5 Å². The molecule has 2 fully saturated rings. The van der Waals surface area contributed by atoms with E-state index in [1.165, 1.54) is 7.11 Å². The third-order valence-electron chi connectivity index (χ3n) is 10.3. The van der Waals surface area contributed by atoms with Crippen LogP contribution in [0.4, 0.5) is 0 Å². The molecule has 0 radical (unpaired) electrons. The summed E-state index contributed by atoms with van der Waals surface area (Å²) < 4.78 is 17.7. The molecule has 0 spiro atoms. The van der Waals surface area contributed by atoms with Gasteiger partial charge in [-0.15, -0.1) is 0 Å². The van der Waals surface area contributed by atoms with Crippen molar-refractivity contribution in [3.8, 4) is 0 Å². The lowest BCUT2D eigenvalue weighted by molar-refractivity contribution is -0.184. The largest absolute Gasteiger partial charge is 0.457 e. The first-order chi connectivity index (χ1) is 19.7. The lowest BCUT2D eigenvalue weighted by atomic mass is 9.46. The monoisotopic (exact) mass is 561 g/mol. The highest BCUT2D eigenvalue weighted by Gasteiger charge is 2.71. The van der Waals surface area contributed by atoms with Crippen LogP contribution in [0.3, 0.4) is 0 Å². The standard InChI is InChI=1S/C33H39NO7/c1-17-15-18(2)33(38)21(16-24(39-4)32(37)40-29(17)20-9-6-5-7-10-20)12-13-22-25-26(27(22)33)28(35)19(3)30(25)41-31(36)23-11-8-14-34-23/h5-15,17,19,21-22,24-30,34-35,38H,16H2,1-4H3/b18-15+/t17-,19-,21-,22+,24+,25+,26?,27+,28-,29-,30-,33+/m1/s1. The van der Waals surface area contributed by atoms with Gasteiger partial charge in [0.15, 0.2) is 6.10 Å². The number of allylic oxidation sites excluding steroid dienone is 1. The summed E-state index contributed by atoms with van der Waals surface area (Å²) in [5.41, 5.74) is 0.694. The minimum Gasteiger partial charge on any atom is -0.457 e. The molecule has 12 atom stereocenters. The van der Waals surface area contributed by atoms with Gasteiger partial charge in [-0.3, -0.25) is 0 Å². The molecule has 2 saturated carbocycles. The number of benzene rings is 1. The van der Waals surface area contributed by atoms with E-state index in [1.807, 2.05) is 63.3 Å². The summed E-state index contributed by atoms with van der Waals surface area (Å²) >= 11 is 0. The third kappa shape index (κ3) is 4.39. The topological polar surface area (TPSA) is 118 Å². The first-order valence-corrected chi connectivity index (χ1v) is 14.6. The van der Waals surface area contributed by atoms with E-state index < -0.39 is 47.9 Å². The number of carbonyl (C=O) groups is 2. The molecule has 0 bridgehead atoms. The molecule has 41 heavy (non-hydrogen) atoms. The van der Waals surface area contributed by atoms with Crippen molar-refractivity contribution in [1.29, 1.82) is 0 Å². The number of esters is 2. The summed E-state index contributed by atoms with van der Waals surface area (Å²) in [6.07, 6.45) is 5.34. The summed E-state index contributed by atoms with van der Waals surface area (Å²) in [7, 11) is 1.49. The van der Waals surface area contributed by atoms with Crippen LogP contribution >= 0.6 is 0 Å². The molecule has 2 aromatic rings. The molecule has 0 saturated heterocycles. The molecule has 4 aliphatic rings. The second-order valence-corrected chi connectivity index (χ2v) is 12.3. The van der Waals surface area contributed by atoms with Crippen LogP contribution in [-0.4, -0.2) is 58.2 Å². The zero-order valence-corrected chi connectivity index (χ0v) is 23.8. The number of rotatable bonds is 4. The minimum atomic E-state index is -1.33. The highest BCUT2D eigenvalue weighted by Crippen LogP contribution is 2.66. The number of aliphatic hydroxyl groups excluding tert-OH is 1. The van der Waals surface area contributed by atoms with Crippen molar-refractivity contribution < 1.29 is 34.0 Å². The maximum absolute atomic E-state index is 13.4. The second kappa shape index (κ2) is 10.6. The number of hydrogen-bond acceptors (Lipinski definition) is 7. The van der Waals surface area contributed by atoms with Crippen molar-refractivity contribution in [2.75, 3.05) is 7.11 Å². The van der Waals surface area contributed by atoms with E-state index in [9.17, 15) is 19.8 Å². The average Bonchev–Trinajstić information content (AvgIpc) is 3.56. The van der Waals surface area contributed by atoms with Crippen LogP contribution in [0.1, 0.15) is 49.3 Å². The number of aromatic amines is 1. The van der Waals surface area contributed by atoms with Crippen molar-refractivity contribution >= 4 is 11.9 Å². The number of methoxy groups -OCH3 is 1. The molecule has 1 aromatic carbocycles. The van der Waals surface area contributed by atoms with Gasteiger partial charge in [-0.05, 0) is 48.4 Å². The number of cyclic esters (lactones) is 1. The van der Waals surface area contributed by atoms with Crippen LogP contribution in [-0.2, 0) is 19.0 Å². The van der Waals surface area contributed by atoms with Gasteiger partial charge in [0.25, 0.3) is 0 Å². The normalized spacial score (nSPS) is 42.9. The van der Waals surface area contributed by atoms with E-state index in [0.29, 0.717) is 5.69 Å². The number of H-pyrrole nitrogens is 1. The smallest absolute Gasteiger partial charge is 0.355 e. The summed E-state index contributed by atoms with van der Waals surface area (Å²) in [6.45, 7) is 5.83. The molecular weight excluding hydrogens is 522 g/mol. The van der Waals surface area contributed by atoms with Gasteiger partial charge in [0.05, 0.1) is 11.7 Å². The van der Waals surface area contributed by atoms with E-state index in [0.717, 1.165) is 11.1 Å². The Morgan fingerprint density at radius 2 is 1.85 bits per heavy atom. The summed E-state index contributed by atoms with van der Waals surface area (Å²) in [5, 5.41) is 24.3. The fraction of sp³-hybridized carbons (Fsp3) is 0.515. The Hall–Kier alpha value is -3.20. The third-order valence-corrected chi connectivity index (χ3v) is 10.3. The van der Waals surface area contributed by atoms with E-state index in [-0.39, 0.29) is 41.9 Å². The van der Waals surface area contributed by atoms with Gasteiger partial charge in [-0.1, -0.05) is 62.4 Å². The Kier molecular flexibility index (Phi) is 7.20. The fourth-order valence-electron chi connectivity index (χ4n) is 8.21. The number of carbonyl (C=O) groups excluding carboxylic acids is 2. The molecule has 1 aliphatic heterocycles. The molecule has 218 valence electrons. The molecule has 0 amide bonds. The van der Waals surface area contributed by atoms with E-state index in [4.69, 9.17) is 14.2 Å². The van der Waals surface area contributed by atoms with Gasteiger partial charge in [-0.2, -0.15) is 0 Å². The lowest BCUT2D eigenvalue weighted by Gasteiger charge is -2.61. The second-order valence-electron chi connectivity index (χ2n) is 12.3. The Morgan fingerprint density at radius 1 is 1.10 bits per heavy atom. The van der Waals surface area contributed by atoms with Gasteiger partial charge in [0, 0.05) is 42.9 Å². The zero-order chi connectivity index (χ0) is 29.1. The van der Waals surface area contributed by atoms with Crippen LogP contribution in [0.5, 0.6) is 0 Å².